The van der Waals surface area contributed by atoms with Gasteiger partial charge in [-0.1, -0.05) is 102 Å². The van der Waals surface area contributed by atoms with Gasteiger partial charge in [-0.2, -0.15) is 0 Å². The van der Waals surface area contributed by atoms with Crippen LogP contribution in [0.5, 0.6) is 0 Å². The molecule has 3 unspecified atom stereocenters. The van der Waals surface area contributed by atoms with Gasteiger partial charge in [0, 0.05) is 0 Å². The highest BCUT2D eigenvalue weighted by Gasteiger charge is 2.42. The van der Waals surface area contributed by atoms with Gasteiger partial charge in [0.2, 0.25) is 0 Å². The molecule has 0 spiro atoms. The minimum atomic E-state index is 0.580. The van der Waals surface area contributed by atoms with Crippen LogP contribution in [0.2, 0.25) is 0 Å². The molecule has 0 heteroatoms. The molecular formula is C24H54. The van der Waals surface area contributed by atoms with Crippen LogP contribution in [0, 0.1) is 22.7 Å². The Labute approximate surface area is 157 Å². The first-order valence-corrected chi connectivity index (χ1v) is 11.3. The highest BCUT2D eigenvalue weighted by Crippen LogP contribution is 2.53. The van der Waals surface area contributed by atoms with Crippen molar-refractivity contribution in [3.63, 3.8) is 0 Å². The smallest absolute Gasteiger partial charge is 0.0293 e. The first-order valence-electron chi connectivity index (χ1n) is 11.3. The molecule has 0 amide bonds. The molecule has 1 fully saturated rings. The van der Waals surface area contributed by atoms with Gasteiger partial charge in [-0.25, -0.2) is 0 Å². The topological polar surface area (TPSA) is 0 Å². The summed E-state index contributed by atoms with van der Waals surface area (Å²) in [5.41, 5.74) is 1.20. The molecule has 3 atom stereocenters. The maximum Gasteiger partial charge on any atom is -0.0293 e. The molecule has 0 N–H and O–H groups in total. The van der Waals surface area contributed by atoms with Gasteiger partial charge in [0.1, 0.15) is 0 Å². The SMILES string of the molecule is CC.CC.CC.CCCC1(C)CC(C)(C)CCC1CCC(C)CC. The van der Waals surface area contributed by atoms with Crippen LogP contribution in [0.4, 0.5) is 0 Å². The summed E-state index contributed by atoms with van der Waals surface area (Å²) in [6, 6.07) is 0. The maximum atomic E-state index is 2.58. The van der Waals surface area contributed by atoms with Crippen molar-refractivity contribution in [3.8, 4) is 0 Å². The third-order valence-corrected chi connectivity index (χ3v) is 5.56. The Morgan fingerprint density at radius 1 is 0.917 bits per heavy atom. The van der Waals surface area contributed by atoms with Crippen LogP contribution in [0.25, 0.3) is 0 Å². The van der Waals surface area contributed by atoms with E-state index in [1.165, 1.54) is 51.4 Å². The van der Waals surface area contributed by atoms with E-state index in [9.17, 15) is 0 Å². The monoisotopic (exact) mass is 342 g/mol. The molecule has 24 heavy (non-hydrogen) atoms. The summed E-state index contributed by atoms with van der Waals surface area (Å²) in [5.74, 6) is 1.91. The molecule has 0 aromatic rings. The van der Waals surface area contributed by atoms with Gasteiger partial charge in [0.15, 0.2) is 0 Å². The second-order valence-electron chi connectivity index (χ2n) is 8.07. The van der Waals surface area contributed by atoms with E-state index < -0.39 is 0 Å². The van der Waals surface area contributed by atoms with Crippen molar-refractivity contribution in [2.45, 2.75) is 134 Å². The molecule has 0 saturated heterocycles. The molecular weight excluding hydrogens is 288 g/mol. The summed E-state index contributed by atoms with van der Waals surface area (Å²) in [7, 11) is 0. The Kier molecular flexibility index (Phi) is 19.8. The zero-order chi connectivity index (χ0) is 19.8. The van der Waals surface area contributed by atoms with Gasteiger partial charge in [0.05, 0.1) is 0 Å². The first kappa shape index (κ1) is 28.8. The van der Waals surface area contributed by atoms with Crippen LogP contribution in [-0.2, 0) is 0 Å². The van der Waals surface area contributed by atoms with E-state index in [-0.39, 0.29) is 0 Å². The quantitative estimate of drug-likeness (QED) is 0.450. The number of rotatable bonds is 6. The lowest BCUT2D eigenvalue weighted by atomic mass is 9.56. The van der Waals surface area contributed by atoms with E-state index in [4.69, 9.17) is 0 Å². The fourth-order valence-corrected chi connectivity index (χ4v) is 4.29. The molecule has 0 nitrogen and oxygen atoms in total. The summed E-state index contributed by atoms with van der Waals surface area (Å²) in [4.78, 5) is 0. The minimum Gasteiger partial charge on any atom is -0.0683 e. The van der Waals surface area contributed by atoms with Gasteiger partial charge in [0.25, 0.3) is 0 Å². The van der Waals surface area contributed by atoms with Crippen molar-refractivity contribution in [2.24, 2.45) is 22.7 Å². The summed E-state index contributed by atoms with van der Waals surface area (Å²) >= 11 is 0. The predicted octanol–water partition coefficient (Wildman–Crippen LogP) is 9.52. The molecule has 1 saturated carbocycles. The Morgan fingerprint density at radius 3 is 1.83 bits per heavy atom. The van der Waals surface area contributed by atoms with Crippen LogP contribution >= 0.6 is 0 Å². The lowest BCUT2D eigenvalue weighted by Crippen LogP contribution is -2.38. The Morgan fingerprint density at radius 2 is 1.42 bits per heavy atom. The van der Waals surface area contributed by atoms with Crippen molar-refractivity contribution in [3.05, 3.63) is 0 Å². The van der Waals surface area contributed by atoms with Crippen molar-refractivity contribution < 1.29 is 0 Å². The lowest BCUT2D eigenvalue weighted by Gasteiger charge is -2.49. The molecule has 1 rings (SSSR count). The van der Waals surface area contributed by atoms with Crippen molar-refractivity contribution in [2.75, 3.05) is 0 Å². The van der Waals surface area contributed by atoms with Gasteiger partial charge in [-0.3, -0.25) is 0 Å². The van der Waals surface area contributed by atoms with E-state index in [1.54, 1.807) is 0 Å². The molecule has 0 aromatic carbocycles. The molecule has 0 aromatic heterocycles. The zero-order valence-corrected chi connectivity index (χ0v) is 19.8. The second-order valence-corrected chi connectivity index (χ2v) is 8.07. The molecule has 0 heterocycles. The van der Waals surface area contributed by atoms with Crippen molar-refractivity contribution >= 4 is 0 Å². The normalized spacial score (nSPS) is 25.8. The van der Waals surface area contributed by atoms with Gasteiger partial charge < -0.3 is 0 Å². The molecule has 150 valence electrons. The van der Waals surface area contributed by atoms with Gasteiger partial charge in [-0.15, -0.1) is 0 Å². The average molecular weight is 343 g/mol. The standard InChI is InChI=1S/C18H36.3C2H6/c1-7-12-18(6)14-17(4,5)13-11-16(18)10-9-15(3)8-2;3*1-2/h15-16H,7-14H2,1-6H3;3*1-2H3. The van der Waals surface area contributed by atoms with E-state index >= 15 is 0 Å². The van der Waals surface area contributed by atoms with Crippen LogP contribution < -0.4 is 0 Å². The summed E-state index contributed by atoms with van der Waals surface area (Å²) in [5, 5.41) is 0. The third kappa shape index (κ3) is 11.5. The summed E-state index contributed by atoms with van der Waals surface area (Å²) in [6.45, 7) is 26.7. The van der Waals surface area contributed by atoms with Gasteiger partial charge in [-0.05, 0) is 54.8 Å². The Hall–Kier alpha value is 0. The third-order valence-electron chi connectivity index (χ3n) is 5.56. The number of hydrogen-bond acceptors (Lipinski definition) is 0. The molecule has 1 aliphatic carbocycles. The summed E-state index contributed by atoms with van der Waals surface area (Å²) < 4.78 is 0. The molecule has 1 aliphatic rings. The average Bonchev–Trinajstić information content (AvgIpc) is 2.58. The minimum absolute atomic E-state index is 0.580. The van der Waals surface area contributed by atoms with E-state index in [0.29, 0.717) is 10.8 Å². The molecule has 0 bridgehead atoms. The Bertz CT molecular complexity index is 240. The van der Waals surface area contributed by atoms with Crippen molar-refractivity contribution in [1.82, 2.24) is 0 Å². The van der Waals surface area contributed by atoms with Crippen LogP contribution in [-0.4, -0.2) is 0 Å². The number of hydrogen-bond donors (Lipinski definition) is 0. The maximum absolute atomic E-state index is 2.58. The largest absolute Gasteiger partial charge is 0.0683 e. The van der Waals surface area contributed by atoms with Crippen LogP contribution in [0.3, 0.4) is 0 Å². The lowest BCUT2D eigenvalue weighted by molar-refractivity contribution is 0.0180. The first-order chi connectivity index (χ1) is 11.3. The highest BCUT2D eigenvalue weighted by atomic mass is 14.5. The van der Waals surface area contributed by atoms with Gasteiger partial charge >= 0.3 is 0 Å². The Balaban J connectivity index is -0.000000659. The van der Waals surface area contributed by atoms with E-state index in [0.717, 1.165) is 11.8 Å². The van der Waals surface area contributed by atoms with E-state index in [1.807, 2.05) is 41.5 Å². The second kappa shape index (κ2) is 16.5. The zero-order valence-electron chi connectivity index (χ0n) is 19.8. The molecule has 0 aliphatic heterocycles. The van der Waals surface area contributed by atoms with E-state index in [2.05, 4.69) is 41.5 Å². The van der Waals surface area contributed by atoms with Crippen molar-refractivity contribution in [1.29, 1.82) is 0 Å². The van der Waals surface area contributed by atoms with Crippen LogP contribution in [0.15, 0.2) is 0 Å². The highest BCUT2D eigenvalue weighted by molar-refractivity contribution is 4.93. The fraction of sp³-hybridized carbons (Fsp3) is 1.00. The fourth-order valence-electron chi connectivity index (χ4n) is 4.29. The predicted molar refractivity (Wildman–Crippen MR) is 117 cm³/mol. The molecule has 0 radical (unpaired) electrons. The summed E-state index contributed by atoms with van der Waals surface area (Å²) in [6.07, 6.45) is 11.4. The van der Waals surface area contributed by atoms with Crippen LogP contribution in [0.1, 0.15) is 134 Å².